The number of ketones is 1. The van der Waals surface area contributed by atoms with Crippen molar-refractivity contribution in [2.75, 3.05) is 0 Å². The lowest BCUT2D eigenvalue weighted by molar-refractivity contribution is -0.137. The Kier molecular flexibility index (Phi) is 12.6. The largest absolute Gasteiger partial charge is 0.481 e. The summed E-state index contributed by atoms with van der Waals surface area (Å²) in [4.78, 5) is 22.9. The fourth-order valence-electron chi connectivity index (χ4n) is 3.01. The van der Waals surface area contributed by atoms with Gasteiger partial charge in [-0.05, 0) is 18.4 Å². The smallest absolute Gasteiger partial charge is 0.303 e. The van der Waals surface area contributed by atoms with Crippen LogP contribution in [0, 0.1) is 0 Å². The molecule has 0 saturated heterocycles. The Morgan fingerprint density at radius 3 is 2.43 bits per heavy atom. The van der Waals surface area contributed by atoms with Gasteiger partial charge >= 0.3 is 5.97 Å². The molecule has 28 heavy (non-hydrogen) atoms. The van der Waals surface area contributed by atoms with Gasteiger partial charge in [0.25, 0.3) is 0 Å². The molecular weight excluding hydrogens is 352 g/mol. The van der Waals surface area contributed by atoms with E-state index in [9.17, 15) is 14.7 Å². The molecule has 2 N–H and O–H groups in total. The molecule has 0 aliphatic heterocycles. The van der Waals surface area contributed by atoms with Crippen LogP contribution in [0.25, 0.3) is 6.08 Å². The van der Waals surface area contributed by atoms with Crippen molar-refractivity contribution >= 4 is 17.8 Å². The molecular formula is C24H34O4. The van der Waals surface area contributed by atoms with E-state index in [-0.39, 0.29) is 18.6 Å². The molecule has 4 nitrogen and oxygen atoms in total. The highest BCUT2D eigenvalue weighted by molar-refractivity contribution is 5.99. The molecule has 0 saturated carbocycles. The maximum absolute atomic E-state index is 12.3. The van der Waals surface area contributed by atoms with Gasteiger partial charge in [-0.25, -0.2) is 0 Å². The van der Waals surface area contributed by atoms with E-state index in [0.29, 0.717) is 12.0 Å². The number of benzene rings is 1. The molecule has 154 valence electrons. The number of carbonyl (C=O) groups is 2. The highest BCUT2D eigenvalue weighted by Gasteiger charge is 2.10. The summed E-state index contributed by atoms with van der Waals surface area (Å²) in [5, 5.41) is 18.7. The van der Waals surface area contributed by atoms with Crippen molar-refractivity contribution in [3.8, 4) is 0 Å². The van der Waals surface area contributed by atoms with Crippen molar-refractivity contribution in [2.24, 2.45) is 0 Å². The van der Waals surface area contributed by atoms with E-state index in [2.05, 4.69) is 6.92 Å². The van der Waals surface area contributed by atoms with Gasteiger partial charge in [0.2, 0.25) is 0 Å². The van der Waals surface area contributed by atoms with Gasteiger partial charge < -0.3 is 10.2 Å². The van der Waals surface area contributed by atoms with Crippen molar-refractivity contribution < 1.29 is 19.8 Å². The van der Waals surface area contributed by atoms with Crippen LogP contribution < -0.4 is 0 Å². The molecule has 4 heteroatoms. The summed E-state index contributed by atoms with van der Waals surface area (Å²) in [7, 11) is 0. The van der Waals surface area contributed by atoms with Crippen LogP contribution in [-0.2, 0) is 4.79 Å². The molecule has 1 rings (SSSR count). The van der Waals surface area contributed by atoms with E-state index in [1.54, 1.807) is 12.1 Å². The van der Waals surface area contributed by atoms with Crippen LogP contribution in [-0.4, -0.2) is 28.1 Å². The van der Waals surface area contributed by atoms with Gasteiger partial charge in [0.05, 0.1) is 6.10 Å². The van der Waals surface area contributed by atoms with Crippen molar-refractivity contribution in [3.05, 3.63) is 53.6 Å². The molecule has 0 amide bonds. The van der Waals surface area contributed by atoms with E-state index < -0.39 is 12.1 Å². The molecule has 1 aromatic rings. The monoisotopic (exact) mass is 386 g/mol. The van der Waals surface area contributed by atoms with Gasteiger partial charge in [0, 0.05) is 18.4 Å². The van der Waals surface area contributed by atoms with E-state index in [1.807, 2.05) is 36.4 Å². The highest BCUT2D eigenvalue weighted by Crippen LogP contribution is 2.15. The summed E-state index contributed by atoms with van der Waals surface area (Å²) < 4.78 is 0. The molecule has 0 spiro atoms. The zero-order valence-electron chi connectivity index (χ0n) is 17.0. The molecule has 0 radical (unpaired) electrons. The average Bonchev–Trinajstić information content (AvgIpc) is 2.68. The SMILES string of the molecule is CCCCCCCCC(O)C=CC=Cc1ccccc1C(=O)CCCC(=O)O. The van der Waals surface area contributed by atoms with E-state index >= 15 is 0 Å². The Hall–Kier alpha value is -2.20. The number of aliphatic hydroxyl groups is 1. The number of aliphatic carboxylic acids is 1. The molecule has 0 aliphatic rings. The topological polar surface area (TPSA) is 74.6 Å². The fourth-order valence-corrected chi connectivity index (χ4v) is 3.01. The molecule has 0 fully saturated rings. The van der Waals surface area contributed by atoms with Gasteiger partial charge in [-0.3, -0.25) is 9.59 Å². The van der Waals surface area contributed by atoms with Crippen molar-refractivity contribution in [2.45, 2.75) is 77.2 Å². The molecule has 1 unspecified atom stereocenters. The van der Waals surface area contributed by atoms with Gasteiger partial charge in [-0.1, -0.05) is 94.0 Å². The zero-order chi connectivity index (χ0) is 20.6. The normalized spacial score (nSPS) is 12.6. The molecule has 0 aliphatic carbocycles. The van der Waals surface area contributed by atoms with Crippen LogP contribution in [0.3, 0.4) is 0 Å². The van der Waals surface area contributed by atoms with Crippen molar-refractivity contribution in [3.63, 3.8) is 0 Å². The Labute approximate surface area is 169 Å². The maximum atomic E-state index is 12.3. The summed E-state index contributed by atoms with van der Waals surface area (Å²) >= 11 is 0. The van der Waals surface area contributed by atoms with Crippen LogP contribution in [0.2, 0.25) is 0 Å². The Balaban J connectivity index is 2.45. The first-order valence-electron chi connectivity index (χ1n) is 10.4. The summed E-state index contributed by atoms with van der Waals surface area (Å²) in [6.07, 6.45) is 15.4. The van der Waals surface area contributed by atoms with Crippen LogP contribution >= 0.6 is 0 Å². The molecule has 0 heterocycles. The number of carboxylic acid groups (broad SMARTS) is 1. The number of carbonyl (C=O) groups excluding carboxylic acids is 1. The molecule has 1 aromatic carbocycles. The maximum Gasteiger partial charge on any atom is 0.303 e. The predicted octanol–water partition coefficient (Wildman–Crippen LogP) is 5.81. The molecule has 1 atom stereocenters. The van der Waals surface area contributed by atoms with Crippen molar-refractivity contribution in [1.29, 1.82) is 0 Å². The van der Waals surface area contributed by atoms with Gasteiger partial charge in [-0.15, -0.1) is 0 Å². The summed E-state index contributed by atoms with van der Waals surface area (Å²) in [5.74, 6) is -0.931. The minimum atomic E-state index is -0.884. The number of hydrogen-bond donors (Lipinski definition) is 2. The van der Waals surface area contributed by atoms with Gasteiger partial charge in [0.1, 0.15) is 0 Å². The van der Waals surface area contributed by atoms with Gasteiger partial charge in [0.15, 0.2) is 5.78 Å². The van der Waals surface area contributed by atoms with Gasteiger partial charge in [-0.2, -0.15) is 0 Å². The van der Waals surface area contributed by atoms with E-state index in [1.165, 1.54) is 25.7 Å². The lowest BCUT2D eigenvalue weighted by Gasteiger charge is -2.05. The second-order valence-corrected chi connectivity index (χ2v) is 7.13. The van der Waals surface area contributed by atoms with E-state index in [0.717, 1.165) is 24.8 Å². The standard InChI is InChI=1S/C24H34O4/c1-2-3-4-5-6-7-15-21(25)16-10-8-13-20-14-9-11-17-22(20)23(26)18-12-19-24(27)28/h8-11,13-14,16-17,21,25H,2-7,12,15,18-19H2,1H3,(H,27,28). The third kappa shape index (κ3) is 10.8. The summed E-state index contributed by atoms with van der Waals surface area (Å²) in [6, 6.07) is 7.30. The zero-order valence-corrected chi connectivity index (χ0v) is 17.0. The predicted molar refractivity (Wildman–Crippen MR) is 114 cm³/mol. The van der Waals surface area contributed by atoms with Crippen LogP contribution in [0.1, 0.15) is 87.1 Å². The lowest BCUT2D eigenvalue weighted by atomic mass is 9.99. The third-order valence-corrected chi connectivity index (χ3v) is 4.63. The second kappa shape index (κ2) is 14.8. The minimum Gasteiger partial charge on any atom is -0.481 e. The minimum absolute atomic E-state index is 0.00295. The summed E-state index contributed by atoms with van der Waals surface area (Å²) in [6.45, 7) is 2.20. The first kappa shape index (κ1) is 23.8. The first-order chi connectivity index (χ1) is 13.5. The van der Waals surface area contributed by atoms with E-state index in [4.69, 9.17) is 5.11 Å². The number of unbranched alkanes of at least 4 members (excludes halogenated alkanes) is 5. The van der Waals surface area contributed by atoms with Crippen LogP contribution in [0.5, 0.6) is 0 Å². The average molecular weight is 387 g/mol. The number of hydrogen-bond acceptors (Lipinski definition) is 3. The number of Topliss-reactive ketones (excluding diaryl/α,β-unsaturated/α-hetero) is 1. The first-order valence-corrected chi connectivity index (χ1v) is 10.4. The number of aliphatic hydroxyl groups excluding tert-OH is 1. The van der Waals surface area contributed by atoms with Crippen LogP contribution in [0.4, 0.5) is 0 Å². The second-order valence-electron chi connectivity index (χ2n) is 7.13. The quantitative estimate of drug-likeness (QED) is 0.227. The lowest BCUT2D eigenvalue weighted by Crippen LogP contribution is -2.03. The Morgan fingerprint density at radius 1 is 0.964 bits per heavy atom. The third-order valence-electron chi connectivity index (χ3n) is 4.63. The van der Waals surface area contributed by atoms with Crippen LogP contribution in [0.15, 0.2) is 42.5 Å². The molecule has 0 bridgehead atoms. The number of rotatable bonds is 15. The van der Waals surface area contributed by atoms with Crippen molar-refractivity contribution in [1.82, 2.24) is 0 Å². The highest BCUT2D eigenvalue weighted by atomic mass is 16.4. The Bertz CT molecular complexity index is 646. The number of carboxylic acids is 1. The summed E-state index contributed by atoms with van der Waals surface area (Å²) in [5.41, 5.74) is 1.41. The number of allylic oxidation sites excluding steroid dienone is 2. The molecule has 0 aromatic heterocycles. The fraction of sp³-hybridized carbons (Fsp3) is 0.500. The Morgan fingerprint density at radius 2 is 1.68 bits per heavy atom.